The summed E-state index contributed by atoms with van der Waals surface area (Å²) in [6.45, 7) is 2.09. The van der Waals surface area contributed by atoms with Gasteiger partial charge in [-0.1, -0.05) is 29.8 Å². The fraction of sp³-hybridized carbons (Fsp3) is 0.200. The summed E-state index contributed by atoms with van der Waals surface area (Å²) in [7, 11) is 1.89. The van der Waals surface area contributed by atoms with E-state index in [9.17, 15) is 0 Å². The van der Waals surface area contributed by atoms with Gasteiger partial charge in [-0.05, 0) is 24.8 Å². The van der Waals surface area contributed by atoms with Crippen LogP contribution in [0.15, 0.2) is 30.5 Å². The molecule has 0 heterocycles. The Labute approximate surface area is 67.8 Å². The number of nitrogens with one attached hydrogen (secondary N) is 1. The van der Waals surface area contributed by atoms with Crippen molar-refractivity contribution >= 4 is 6.08 Å². The molecular formula is C10H13N. The molecule has 0 fully saturated rings. The van der Waals surface area contributed by atoms with Crippen LogP contribution in [0.5, 0.6) is 0 Å². The van der Waals surface area contributed by atoms with Crippen LogP contribution in [0, 0.1) is 6.92 Å². The van der Waals surface area contributed by atoms with E-state index in [1.54, 1.807) is 0 Å². The van der Waals surface area contributed by atoms with Gasteiger partial charge in [0.2, 0.25) is 0 Å². The van der Waals surface area contributed by atoms with Crippen LogP contribution in [0.1, 0.15) is 11.1 Å². The minimum atomic E-state index is 1.23. The van der Waals surface area contributed by atoms with Gasteiger partial charge in [0.05, 0.1) is 0 Å². The largest absolute Gasteiger partial charge is 0.394 e. The van der Waals surface area contributed by atoms with E-state index in [4.69, 9.17) is 0 Å². The summed E-state index contributed by atoms with van der Waals surface area (Å²) in [6, 6.07) is 8.41. The number of benzene rings is 1. The van der Waals surface area contributed by atoms with Crippen molar-refractivity contribution in [2.45, 2.75) is 6.92 Å². The van der Waals surface area contributed by atoms with Gasteiger partial charge in [0.1, 0.15) is 0 Å². The van der Waals surface area contributed by atoms with Crippen molar-refractivity contribution in [3.63, 3.8) is 0 Å². The van der Waals surface area contributed by atoms with Crippen LogP contribution >= 0.6 is 0 Å². The first-order valence-corrected chi connectivity index (χ1v) is 3.73. The van der Waals surface area contributed by atoms with Crippen molar-refractivity contribution in [2.24, 2.45) is 0 Å². The second kappa shape index (κ2) is 3.81. The molecule has 0 amide bonds. The van der Waals surface area contributed by atoms with E-state index < -0.39 is 0 Å². The molecule has 1 nitrogen and oxygen atoms in total. The summed E-state index contributed by atoms with van der Waals surface area (Å²) in [5, 5.41) is 2.95. The molecule has 0 aromatic heterocycles. The molecule has 11 heavy (non-hydrogen) atoms. The maximum Gasteiger partial charge on any atom is 0.00277 e. The fourth-order valence-corrected chi connectivity index (χ4v) is 0.857. The standard InChI is InChI=1S/C10H13N/c1-9-3-5-10(6-4-9)7-8-11-2/h3-8,11H,1-2H3/b8-7-. The third-order valence-corrected chi connectivity index (χ3v) is 1.52. The third-order valence-electron chi connectivity index (χ3n) is 1.52. The lowest BCUT2D eigenvalue weighted by molar-refractivity contribution is 1.11. The Kier molecular flexibility index (Phi) is 2.73. The normalized spacial score (nSPS) is 10.4. The second-order valence-corrected chi connectivity index (χ2v) is 2.53. The molecule has 0 saturated heterocycles. The molecule has 1 rings (SSSR count). The molecule has 0 bridgehead atoms. The van der Waals surface area contributed by atoms with Crippen LogP contribution in [0.3, 0.4) is 0 Å². The van der Waals surface area contributed by atoms with Gasteiger partial charge in [0.25, 0.3) is 0 Å². The molecule has 0 radical (unpaired) electrons. The predicted octanol–water partition coefficient (Wildman–Crippen LogP) is 2.19. The lowest BCUT2D eigenvalue weighted by Gasteiger charge is -1.93. The molecular weight excluding hydrogens is 134 g/mol. The zero-order chi connectivity index (χ0) is 8.10. The zero-order valence-electron chi connectivity index (χ0n) is 6.96. The van der Waals surface area contributed by atoms with Crippen LogP contribution in [0.25, 0.3) is 6.08 Å². The number of hydrogen-bond donors (Lipinski definition) is 1. The van der Waals surface area contributed by atoms with Gasteiger partial charge in [-0.25, -0.2) is 0 Å². The van der Waals surface area contributed by atoms with Gasteiger partial charge >= 0.3 is 0 Å². The van der Waals surface area contributed by atoms with Gasteiger partial charge < -0.3 is 5.32 Å². The summed E-state index contributed by atoms with van der Waals surface area (Å²) < 4.78 is 0. The van der Waals surface area contributed by atoms with Crippen LogP contribution in [-0.4, -0.2) is 7.05 Å². The van der Waals surface area contributed by atoms with Crippen LogP contribution in [-0.2, 0) is 0 Å². The molecule has 0 aliphatic carbocycles. The van der Waals surface area contributed by atoms with Crippen molar-refractivity contribution in [3.05, 3.63) is 41.6 Å². The maximum atomic E-state index is 2.95. The van der Waals surface area contributed by atoms with E-state index in [-0.39, 0.29) is 0 Å². The summed E-state index contributed by atoms with van der Waals surface area (Å²) in [5.74, 6) is 0. The Morgan fingerprint density at radius 2 is 1.82 bits per heavy atom. The third kappa shape index (κ3) is 2.46. The lowest BCUT2D eigenvalue weighted by atomic mass is 10.1. The van der Waals surface area contributed by atoms with Crippen molar-refractivity contribution in [1.29, 1.82) is 0 Å². The van der Waals surface area contributed by atoms with Gasteiger partial charge in [0.15, 0.2) is 0 Å². The lowest BCUT2D eigenvalue weighted by Crippen LogP contribution is -1.90. The van der Waals surface area contributed by atoms with E-state index in [0.29, 0.717) is 0 Å². The highest BCUT2D eigenvalue weighted by Gasteiger charge is 1.84. The molecule has 1 aromatic carbocycles. The van der Waals surface area contributed by atoms with Crippen molar-refractivity contribution in [2.75, 3.05) is 7.05 Å². The monoisotopic (exact) mass is 147 g/mol. The van der Waals surface area contributed by atoms with Crippen molar-refractivity contribution < 1.29 is 0 Å². The molecule has 0 atom stereocenters. The number of rotatable bonds is 2. The quantitative estimate of drug-likeness (QED) is 0.676. The molecule has 0 aliphatic rings. The SMILES string of the molecule is CN/C=C\c1ccc(C)cc1. The highest BCUT2D eigenvalue weighted by atomic mass is 14.8. The Morgan fingerprint density at radius 1 is 1.18 bits per heavy atom. The van der Waals surface area contributed by atoms with Crippen molar-refractivity contribution in [1.82, 2.24) is 5.32 Å². The highest BCUT2D eigenvalue weighted by Crippen LogP contribution is 2.03. The van der Waals surface area contributed by atoms with Gasteiger partial charge in [-0.2, -0.15) is 0 Å². The molecule has 1 heteroatoms. The molecule has 0 unspecified atom stereocenters. The van der Waals surface area contributed by atoms with Gasteiger partial charge in [-0.3, -0.25) is 0 Å². The summed E-state index contributed by atoms with van der Waals surface area (Å²) >= 11 is 0. The topological polar surface area (TPSA) is 12.0 Å². The Morgan fingerprint density at radius 3 is 2.36 bits per heavy atom. The molecule has 58 valence electrons. The first-order valence-electron chi connectivity index (χ1n) is 3.73. The predicted molar refractivity (Wildman–Crippen MR) is 49.3 cm³/mol. The smallest absolute Gasteiger partial charge is 0.00277 e. The second-order valence-electron chi connectivity index (χ2n) is 2.53. The minimum Gasteiger partial charge on any atom is -0.394 e. The molecule has 1 aromatic rings. The first-order chi connectivity index (χ1) is 5.33. The van der Waals surface area contributed by atoms with E-state index in [2.05, 4.69) is 36.5 Å². The Balaban J connectivity index is 2.73. The van der Waals surface area contributed by atoms with Gasteiger partial charge in [0, 0.05) is 7.05 Å². The molecule has 1 N–H and O–H groups in total. The summed E-state index contributed by atoms with van der Waals surface area (Å²) in [5.41, 5.74) is 2.52. The van der Waals surface area contributed by atoms with Crippen molar-refractivity contribution in [3.8, 4) is 0 Å². The van der Waals surface area contributed by atoms with E-state index in [1.165, 1.54) is 11.1 Å². The van der Waals surface area contributed by atoms with E-state index >= 15 is 0 Å². The van der Waals surface area contributed by atoms with Gasteiger partial charge in [-0.15, -0.1) is 0 Å². The average Bonchev–Trinajstić information content (AvgIpc) is 2.04. The highest BCUT2D eigenvalue weighted by molar-refractivity contribution is 5.48. The fourth-order valence-electron chi connectivity index (χ4n) is 0.857. The molecule has 0 aliphatic heterocycles. The average molecular weight is 147 g/mol. The first kappa shape index (κ1) is 7.86. The van der Waals surface area contributed by atoms with E-state index in [1.807, 2.05) is 19.3 Å². The summed E-state index contributed by atoms with van der Waals surface area (Å²) in [6.07, 6.45) is 3.96. The molecule has 0 saturated carbocycles. The van der Waals surface area contributed by atoms with Crippen LogP contribution < -0.4 is 5.32 Å². The maximum absolute atomic E-state index is 2.95. The van der Waals surface area contributed by atoms with Crippen LogP contribution in [0.2, 0.25) is 0 Å². The summed E-state index contributed by atoms with van der Waals surface area (Å²) in [4.78, 5) is 0. The van der Waals surface area contributed by atoms with E-state index in [0.717, 1.165) is 0 Å². The minimum absolute atomic E-state index is 1.23. The molecule has 0 spiro atoms. The number of aryl methyl sites for hydroxylation is 1. The Bertz CT molecular complexity index is 234. The zero-order valence-corrected chi connectivity index (χ0v) is 6.96. The Hall–Kier alpha value is -1.24. The number of hydrogen-bond acceptors (Lipinski definition) is 1. The van der Waals surface area contributed by atoms with Crippen LogP contribution in [0.4, 0.5) is 0 Å².